The Bertz CT molecular complexity index is 918. The molecule has 7 heteroatoms. The van der Waals surface area contributed by atoms with E-state index in [4.69, 9.17) is 0 Å². The maximum Gasteiger partial charge on any atom is 0.243 e. The molecule has 2 heterocycles. The van der Waals surface area contributed by atoms with Gasteiger partial charge in [0.25, 0.3) is 0 Å². The highest BCUT2D eigenvalue weighted by molar-refractivity contribution is 7.89. The van der Waals surface area contributed by atoms with Crippen molar-refractivity contribution in [1.82, 2.24) is 14.2 Å². The van der Waals surface area contributed by atoms with Crippen molar-refractivity contribution in [1.29, 1.82) is 0 Å². The number of piperidine rings is 1. The third-order valence-electron chi connectivity index (χ3n) is 5.27. The first kappa shape index (κ1) is 19.9. The Labute approximate surface area is 161 Å². The number of aromatic nitrogens is 1. The highest BCUT2D eigenvalue weighted by Gasteiger charge is 2.33. The second-order valence-corrected chi connectivity index (χ2v) is 9.76. The first-order valence-electron chi connectivity index (χ1n) is 9.62. The fraction of sp³-hybridized carbons (Fsp3) is 0.550. The summed E-state index contributed by atoms with van der Waals surface area (Å²) in [6.45, 7) is 5.59. The van der Waals surface area contributed by atoms with E-state index in [0.717, 1.165) is 23.7 Å². The van der Waals surface area contributed by atoms with Crippen molar-refractivity contribution >= 4 is 26.8 Å². The Hall–Kier alpha value is -1.86. The van der Waals surface area contributed by atoms with Crippen LogP contribution in [0.4, 0.5) is 0 Å². The summed E-state index contributed by atoms with van der Waals surface area (Å²) in [7, 11) is -1.67. The molecular formula is C20H29N3O3S. The van der Waals surface area contributed by atoms with Gasteiger partial charge < -0.3 is 9.88 Å². The van der Waals surface area contributed by atoms with E-state index in [9.17, 15) is 13.2 Å². The molecule has 0 spiro atoms. The van der Waals surface area contributed by atoms with Crippen LogP contribution < -0.4 is 5.32 Å². The average molecular weight is 392 g/mol. The maximum atomic E-state index is 13.1. The lowest BCUT2D eigenvalue weighted by Gasteiger charge is -2.31. The number of sulfonamides is 1. The van der Waals surface area contributed by atoms with Crippen LogP contribution in [-0.2, 0) is 21.9 Å². The zero-order valence-electron chi connectivity index (χ0n) is 16.3. The molecule has 0 aliphatic carbocycles. The number of amides is 1. The normalized spacial score (nSPS) is 18.9. The second kappa shape index (κ2) is 8.02. The van der Waals surface area contributed by atoms with Crippen molar-refractivity contribution in [3.05, 3.63) is 30.5 Å². The SMILES string of the molecule is CC(C)CCNC(=O)[C@H]1CCCN(S(=O)(=O)c2ccc3c(ccn3C)c2)C1. The van der Waals surface area contributed by atoms with Crippen LogP contribution >= 0.6 is 0 Å². The molecule has 1 aliphatic heterocycles. The molecule has 1 N–H and O–H groups in total. The van der Waals surface area contributed by atoms with Crippen LogP contribution in [0.25, 0.3) is 10.9 Å². The van der Waals surface area contributed by atoms with Crippen LogP contribution in [0, 0.1) is 11.8 Å². The molecule has 0 saturated carbocycles. The molecule has 1 fully saturated rings. The third-order valence-corrected chi connectivity index (χ3v) is 7.13. The first-order chi connectivity index (χ1) is 12.8. The van der Waals surface area contributed by atoms with Crippen molar-refractivity contribution in [2.75, 3.05) is 19.6 Å². The molecule has 27 heavy (non-hydrogen) atoms. The number of hydrogen-bond acceptors (Lipinski definition) is 3. The van der Waals surface area contributed by atoms with E-state index in [1.54, 1.807) is 12.1 Å². The van der Waals surface area contributed by atoms with Crippen LogP contribution in [-0.4, -0.2) is 42.8 Å². The fourth-order valence-electron chi connectivity index (χ4n) is 3.57. The van der Waals surface area contributed by atoms with Gasteiger partial charge in [-0.15, -0.1) is 0 Å². The van der Waals surface area contributed by atoms with Gasteiger partial charge in [0.05, 0.1) is 10.8 Å². The van der Waals surface area contributed by atoms with Gasteiger partial charge in [-0.25, -0.2) is 8.42 Å². The van der Waals surface area contributed by atoms with E-state index < -0.39 is 10.0 Å². The van der Waals surface area contributed by atoms with Crippen molar-refractivity contribution < 1.29 is 13.2 Å². The topological polar surface area (TPSA) is 71.4 Å². The molecule has 0 bridgehead atoms. The molecule has 1 amide bonds. The minimum absolute atomic E-state index is 0.0333. The van der Waals surface area contributed by atoms with Gasteiger partial charge in [-0.05, 0) is 49.4 Å². The molecule has 1 saturated heterocycles. The van der Waals surface area contributed by atoms with Gasteiger partial charge in [-0.1, -0.05) is 13.8 Å². The molecular weight excluding hydrogens is 362 g/mol. The summed E-state index contributed by atoms with van der Waals surface area (Å²) in [5, 5.41) is 3.86. The van der Waals surface area contributed by atoms with E-state index in [1.165, 1.54) is 4.31 Å². The van der Waals surface area contributed by atoms with Gasteiger partial charge >= 0.3 is 0 Å². The molecule has 3 rings (SSSR count). The molecule has 1 atom stereocenters. The predicted octanol–water partition coefficient (Wildman–Crippen LogP) is 2.74. The number of rotatable bonds is 6. The van der Waals surface area contributed by atoms with E-state index in [0.29, 0.717) is 30.3 Å². The van der Waals surface area contributed by atoms with Crippen molar-refractivity contribution in [3.8, 4) is 0 Å². The number of carbonyl (C=O) groups is 1. The van der Waals surface area contributed by atoms with E-state index in [-0.39, 0.29) is 18.4 Å². The molecule has 2 aromatic rings. The van der Waals surface area contributed by atoms with Gasteiger partial charge in [0.1, 0.15) is 0 Å². The Morgan fingerprint density at radius 3 is 2.81 bits per heavy atom. The molecule has 6 nitrogen and oxygen atoms in total. The molecule has 1 aromatic heterocycles. The molecule has 0 radical (unpaired) electrons. The lowest BCUT2D eigenvalue weighted by molar-refractivity contribution is -0.126. The number of nitrogens with zero attached hydrogens (tertiary/aromatic N) is 2. The highest BCUT2D eigenvalue weighted by Crippen LogP contribution is 2.26. The largest absolute Gasteiger partial charge is 0.356 e. The van der Waals surface area contributed by atoms with Crippen LogP contribution in [0.1, 0.15) is 33.1 Å². The average Bonchev–Trinajstić information content (AvgIpc) is 3.02. The van der Waals surface area contributed by atoms with Crippen molar-refractivity contribution in [3.63, 3.8) is 0 Å². The Kier molecular flexibility index (Phi) is 5.91. The van der Waals surface area contributed by atoms with E-state index in [2.05, 4.69) is 19.2 Å². The van der Waals surface area contributed by atoms with Crippen LogP contribution in [0.2, 0.25) is 0 Å². The summed E-state index contributed by atoms with van der Waals surface area (Å²) in [4.78, 5) is 12.7. The minimum Gasteiger partial charge on any atom is -0.356 e. The number of nitrogens with one attached hydrogen (secondary N) is 1. The van der Waals surface area contributed by atoms with Crippen LogP contribution in [0.3, 0.4) is 0 Å². The van der Waals surface area contributed by atoms with E-state index >= 15 is 0 Å². The zero-order valence-corrected chi connectivity index (χ0v) is 17.1. The van der Waals surface area contributed by atoms with Gasteiger partial charge in [0, 0.05) is 43.8 Å². The van der Waals surface area contributed by atoms with Crippen LogP contribution in [0.15, 0.2) is 35.4 Å². The minimum atomic E-state index is -3.60. The standard InChI is InChI=1S/C20H29N3O3S/c1-15(2)8-10-21-20(24)17-5-4-11-23(14-17)27(25,26)18-6-7-19-16(13-18)9-12-22(19)3/h6-7,9,12-13,15,17H,4-5,8,10-11,14H2,1-3H3,(H,21,24)/t17-/m0/s1. The quantitative estimate of drug-likeness (QED) is 0.823. The summed E-state index contributed by atoms with van der Waals surface area (Å²) in [5.74, 6) is 0.219. The lowest BCUT2D eigenvalue weighted by atomic mass is 9.98. The Morgan fingerprint density at radius 1 is 1.30 bits per heavy atom. The predicted molar refractivity (Wildman–Crippen MR) is 107 cm³/mol. The third kappa shape index (κ3) is 4.35. The number of aryl methyl sites for hydroxylation is 1. The Morgan fingerprint density at radius 2 is 2.07 bits per heavy atom. The highest BCUT2D eigenvalue weighted by atomic mass is 32.2. The van der Waals surface area contributed by atoms with E-state index in [1.807, 2.05) is 29.9 Å². The molecule has 0 unspecified atom stereocenters. The smallest absolute Gasteiger partial charge is 0.243 e. The molecule has 1 aliphatic rings. The molecule has 148 valence electrons. The van der Waals surface area contributed by atoms with Crippen molar-refractivity contribution in [2.45, 2.75) is 38.0 Å². The van der Waals surface area contributed by atoms with Crippen molar-refractivity contribution in [2.24, 2.45) is 18.9 Å². The van der Waals surface area contributed by atoms with Gasteiger partial charge in [-0.3, -0.25) is 4.79 Å². The maximum absolute atomic E-state index is 13.1. The summed E-state index contributed by atoms with van der Waals surface area (Å²) in [5.41, 5.74) is 0.995. The first-order valence-corrected chi connectivity index (χ1v) is 11.1. The number of carbonyl (C=O) groups excluding carboxylic acids is 1. The summed E-state index contributed by atoms with van der Waals surface area (Å²) < 4.78 is 29.6. The number of benzene rings is 1. The molecule has 1 aromatic carbocycles. The fourth-order valence-corrected chi connectivity index (χ4v) is 5.13. The lowest BCUT2D eigenvalue weighted by Crippen LogP contribution is -2.45. The Balaban J connectivity index is 1.72. The van der Waals surface area contributed by atoms with Crippen LogP contribution in [0.5, 0.6) is 0 Å². The van der Waals surface area contributed by atoms with Gasteiger partial charge in [-0.2, -0.15) is 4.31 Å². The number of hydrogen-bond donors (Lipinski definition) is 1. The number of fused-ring (bicyclic) bond motifs is 1. The second-order valence-electron chi connectivity index (χ2n) is 7.82. The zero-order chi connectivity index (χ0) is 19.6. The summed E-state index contributed by atoms with van der Waals surface area (Å²) >= 11 is 0. The summed E-state index contributed by atoms with van der Waals surface area (Å²) in [6, 6.07) is 7.12. The van der Waals surface area contributed by atoms with Gasteiger partial charge in [0.15, 0.2) is 0 Å². The monoisotopic (exact) mass is 391 g/mol. The summed E-state index contributed by atoms with van der Waals surface area (Å²) in [6.07, 6.45) is 4.28. The van der Waals surface area contributed by atoms with Gasteiger partial charge in [0.2, 0.25) is 15.9 Å².